The van der Waals surface area contributed by atoms with E-state index in [-0.39, 0.29) is 0 Å². The van der Waals surface area contributed by atoms with Crippen LogP contribution in [-0.2, 0) is 9.53 Å². The molecular weight excluding hydrogens is 152 g/mol. The molecule has 0 heterocycles. The third-order valence-corrected chi connectivity index (χ3v) is 2.41. The fourth-order valence-corrected chi connectivity index (χ4v) is 1.17. The van der Waals surface area contributed by atoms with Crippen molar-refractivity contribution in [3.05, 3.63) is 0 Å². The van der Waals surface area contributed by atoms with Crippen LogP contribution >= 0.6 is 0 Å². The van der Waals surface area contributed by atoms with E-state index in [4.69, 9.17) is 4.74 Å². The SMILES string of the molecule is CCCCC(C)C(C)COC=O. The molecule has 0 saturated carbocycles. The first-order chi connectivity index (χ1) is 5.72. The van der Waals surface area contributed by atoms with Crippen molar-refractivity contribution in [3.63, 3.8) is 0 Å². The highest BCUT2D eigenvalue weighted by Gasteiger charge is 2.11. The molecule has 0 rings (SSSR count). The van der Waals surface area contributed by atoms with Gasteiger partial charge in [-0.1, -0.05) is 40.0 Å². The summed E-state index contributed by atoms with van der Waals surface area (Å²) in [6, 6.07) is 0. The Balaban J connectivity index is 3.45. The molecule has 0 aliphatic rings. The van der Waals surface area contributed by atoms with E-state index in [0.717, 1.165) is 0 Å². The molecule has 2 unspecified atom stereocenters. The molecule has 2 atom stereocenters. The van der Waals surface area contributed by atoms with E-state index in [1.165, 1.54) is 19.3 Å². The van der Waals surface area contributed by atoms with Crippen LogP contribution in [0, 0.1) is 11.8 Å². The molecule has 0 aliphatic heterocycles. The Bertz CT molecular complexity index is 112. The van der Waals surface area contributed by atoms with Gasteiger partial charge >= 0.3 is 0 Å². The Morgan fingerprint density at radius 1 is 1.33 bits per heavy atom. The topological polar surface area (TPSA) is 26.3 Å². The first kappa shape index (κ1) is 11.5. The van der Waals surface area contributed by atoms with E-state index in [9.17, 15) is 4.79 Å². The van der Waals surface area contributed by atoms with E-state index in [1.807, 2.05) is 0 Å². The molecule has 0 aromatic carbocycles. The molecule has 0 radical (unpaired) electrons. The molecular formula is C10H20O2. The van der Waals surface area contributed by atoms with Crippen molar-refractivity contribution < 1.29 is 9.53 Å². The maximum Gasteiger partial charge on any atom is 0.293 e. The fourth-order valence-electron chi connectivity index (χ4n) is 1.17. The highest BCUT2D eigenvalue weighted by molar-refractivity contribution is 5.36. The van der Waals surface area contributed by atoms with Gasteiger partial charge in [0.1, 0.15) is 0 Å². The molecule has 12 heavy (non-hydrogen) atoms. The van der Waals surface area contributed by atoms with Crippen molar-refractivity contribution in [2.45, 2.75) is 40.0 Å². The minimum atomic E-state index is 0.488. The van der Waals surface area contributed by atoms with Gasteiger partial charge in [-0.2, -0.15) is 0 Å². The summed E-state index contributed by atoms with van der Waals surface area (Å²) in [5, 5.41) is 0. The largest absolute Gasteiger partial charge is 0.468 e. The minimum absolute atomic E-state index is 0.488. The van der Waals surface area contributed by atoms with Crippen LogP contribution in [0.5, 0.6) is 0 Å². The van der Waals surface area contributed by atoms with Crippen molar-refractivity contribution >= 4 is 6.47 Å². The number of hydrogen-bond donors (Lipinski definition) is 0. The average Bonchev–Trinajstić information content (AvgIpc) is 2.10. The smallest absolute Gasteiger partial charge is 0.293 e. The zero-order chi connectivity index (χ0) is 9.40. The second-order valence-corrected chi connectivity index (χ2v) is 3.53. The second kappa shape index (κ2) is 7.14. The Hall–Kier alpha value is -0.530. The molecule has 0 saturated heterocycles. The molecule has 72 valence electrons. The van der Waals surface area contributed by atoms with Gasteiger partial charge in [0.05, 0.1) is 6.61 Å². The molecule has 2 nitrogen and oxygen atoms in total. The first-order valence-electron chi connectivity index (χ1n) is 4.77. The van der Waals surface area contributed by atoms with Crippen LogP contribution in [0.4, 0.5) is 0 Å². The lowest BCUT2D eigenvalue weighted by Gasteiger charge is -2.17. The van der Waals surface area contributed by atoms with Gasteiger partial charge in [0.15, 0.2) is 0 Å². The van der Waals surface area contributed by atoms with Crippen molar-refractivity contribution in [3.8, 4) is 0 Å². The average molecular weight is 172 g/mol. The molecule has 0 aliphatic carbocycles. The summed E-state index contributed by atoms with van der Waals surface area (Å²) >= 11 is 0. The molecule has 0 aromatic heterocycles. The van der Waals surface area contributed by atoms with E-state index < -0.39 is 0 Å². The number of hydrogen-bond acceptors (Lipinski definition) is 2. The summed E-state index contributed by atoms with van der Waals surface area (Å²) in [7, 11) is 0. The number of unbranched alkanes of at least 4 members (excludes halogenated alkanes) is 1. The van der Waals surface area contributed by atoms with Crippen LogP contribution in [0.15, 0.2) is 0 Å². The van der Waals surface area contributed by atoms with E-state index in [1.54, 1.807) is 0 Å². The lowest BCUT2D eigenvalue weighted by molar-refractivity contribution is -0.130. The molecule has 0 aromatic rings. The summed E-state index contributed by atoms with van der Waals surface area (Å²) in [4.78, 5) is 9.92. The molecule has 0 fully saturated rings. The summed E-state index contributed by atoms with van der Waals surface area (Å²) in [6.45, 7) is 7.63. The summed E-state index contributed by atoms with van der Waals surface area (Å²) in [6.07, 6.45) is 3.75. The standard InChI is InChI=1S/C10H20O2/c1-4-5-6-9(2)10(3)7-12-8-11/h8-10H,4-7H2,1-3H3. The van der Waals surface area contributed by atoms with Crippen molar-refractivity contribution in [2.75, 3.05) is 6.61 Å². The summed E-state index contributed by atoms with van der Waals surface area (Å²) in [5.74, 6) is 1.15. The predicted octanol–water partition coefficient (Wildman–Crippen LogP) is 2.62. The van der Waals surface area contributed by atoms with E-state index >= 15 is 0 Å². The van der Waals surface area contributed by atoms with E-state index in [0.29, 0.717) is 24.9 Å². The Morgan fingerprint density at radius 3 is 2.50 bits per heavy atom. The number of carbonyl (C=O) groups excluding carboxylic acids is 1. The minimum Gasteiger partial charge on any atom is -0.468 e. The fraction of sp³-hybridized carbons (Fsp3) is 0.900. The Kier molecular flexibility index (Phi) is 6.82. The normalized spacial score (nSPS) is 15.2. The molecule has 0 bridgehead atoms. The Morgan fingerprint density at radius 2 is 2.00 bits per heavy atom. The van der Waals surface area contributed by atoms with Crippen LogP contribution in [0.3, 0.4) is 0 Å². The van der Waals surface area contributed by atoms with Crippen molar-refractivity contribution in [2.24, 2.45) is 11.8 Å². The lowest BCUT2D eigenvalue weighted by atomic mass is 9.92. The quantitative estimate of drug-likeness (QED) is 0.552. The molecule has 2 heteroatoms. The predicted molar refractivity (Wildman–Crippen MR) is 49.9 cm³/mol. The number of carbonyl (C=O) groups is 1. The van der Waals surface area contributed by atoms with Crippen LogP contribution in [0.1, 0.15) is 40.0 Å². The molecule has 0 amide bonds. The van der Waals surface area contributed by atoms with Gasteiger partial charge in [-0.25, -0.2) is 0 Å². The number of rotatable bonds is 7. The molecule has 0 spiro atoms. The first-order valence-corrected chi connectivity index (χ1v) is 4.77. The van der Waals surface area contributed by atoms with Gasteiger partial charge in [0, 0.05) is 0 Å². The van der Waals surface area contributed by atoms with Gasteiger partial charge in [-0.15, -0.1) is 0 Å². The highest BCUT2D eigenvalue weighted by Crippen LogP contribution is 2.17. The van der Waals surface area contributed by atoms with Gasteiger partial charge in [0.25, 0.3) is 6.47 Å². The third kappa shape index (κ3) is 5.16. The van der Waals surface area contributed by atoms with Gasteiger partial charge in [-0.05, 0) is 11.8 Å². The van der Waals surface area contributed by atoms with E-state index in [2.05, 4.69) is 20.8 Å². The zero-order valence-corrected chi connectivity index (χ0v) is 8.38. The Labute approximate surface area is 75.3 Å². The summed E-state index contributed by atoms with van der Waals surface area (Å²) < 4.78 is 4.72. The van der Waals surface area contributed by atoms with Gasteiger partial charge < -0.3 is 4.74 Å². The summed E-state index contributed by atoms with van der Waals surface area (Å²) in [5.41, 5.74) is 0. The monoisotopic (exact) mass is 172 g/mol. The maximum absolute atomic E-state index is 9.92. The van der Waals surface area contributed by atoms with Gasteiger partial charge in [-0.3, -0.25) is 4.79 Å². The molecule has 0 N–H and O–H groups in total. The van der Waals surface area contributed by atoms with Crippen molar-refractivity contribution in [1.82, 2.24) is 0 Å². The third-order valence-electron chi connectivity index (χ3n) is 2.41. The lowest BCUT2D eigenvalue weighted by Crippen LogP contribution is -2.14. The van der Waals surface area contributed by atoms with Crippen LogP contribution in [-0.4, -0.2) is 13.1 Å². The van der Waals surface area contributed by atoms with Crippen LogP contribution in [0.2, 0.25) is 0 Å². The van der Waals surface area contributed by atoms with Crippen LogP contribution < -0.4 is 0 Å². The van der Waals surface area contributed by atoms with Crippen molar-refractivity contribution in [1.29, 1.82) is 0 Å². The zero-order valence-electron chi connectivity index (χ0n) is 8.38. The van der Waals surface area contributed by atoms with Gasteiger partial charge in [0.2, 0.25) is 0 Å². The highest BCUT2D eigenvalue weighted by atomic mass is 16.5. The van der Waals surface area contributed by atoms with Crippen LogP contribution in [0.25, 0.3) is 0 Å². The number of ether oxygens (including phenoxy) is 1. The second-order valence-electron chi connectivity index (χ2n) is 3.53. The maximum atomic E-state index is 9.92.